The van der Waals surface area contributed by atoms with E-state index >= 15 is 0 Å². The van der Waals surface area contributed by atoms with Crippen molar-refractivity contribution >= 4 is 28.9 Å². The van der Waals surface area contributed by atoms with E-state index in [4.69, 9.17) is 14.2 Å². The van der Waals surface area contributed by atoms with Gasteiger partial charge in [-0.2, -0.15) is 0 Å². The molecule has 0 aliphatic carbocycles. The van der Waals surface area contributed by atoms with Crippen LogP contribution in [0.2, 0.25) is 0 Å². The van der Waals surface area contributed by atoms with Crippen LogP contribution in [0.25, 0.3) is 0 Å². The first-order valence-corrected chi connectivity index (χ1v) is 7.89. The van der Waals surface area contributed by atoms with Gasteiger partial charge in [0.1, 0.15) is 16.4 Å². The van der Waals surface area contributed by atoms with E-state index in [0.717, 1.165) is 5.01 Å². The maximum Gasteiger partial charge on any atom is 0.350 e. The highest BCUT2D eigenvalue weighted by atomic mass is 32.1. The predicted octanol–water partition coefficient (Wildman–Crippen LogP) is 2.57. The molecule has 1 N–H and O–H groups in total. The first-order chi connectivity index (χ1) is 11.4. The maximum atomic E-state index is 12.0. The number of aryl methyl sites for hydroxylation is 2. The Kier molecular flexibility index (Phi) is 5.75. The van der Waals surface area contributed by atoms with Gasteiger partial charge in [-0.25, -0.2) is 9.78 Å². The molecule has 0 atom stereocenters. The molecule has 0 bridgehead atoms. The number of benzene rings is 1. The Hall–Kier alpha value is -2.61. The maximum absolute atomic E-state index is 12.0. The summed E-state index contributed by atoms with van der Waals surface area (Å²) in [4.78, 5) is 28.5. The number of methoxy groups -OCH3 is 2. The summed E-state index contributed by atoms with van der Waals surface area (Å²) in [6.45, 7) is 3.12. The number of rotatable bonds is 6. The summed E-state index contributed by atoms with van der Waals surface area (Å²) in [6, 6.07) is 5.00. The van der Waals surface area contributed by atoms with Gasteiger partial charge in [-0.1, -0.05) is 0 Å². The second-order valence-electron chi connectivity index (χ2n) is 4.84. The summed E-state index contributed by atoms with van der Waals surface area (Å²) < 4.78 is 15.3. The molecule has 1 heterocycles. The predicted molar refractivity (Wildman–Crippen MR) is 90.0 cm³/mol. The highest BCUT2D eigenvalue weighted by Crippen LogP contribution is 2.28. The third-order valence-electron chi connectivity index (χ3n) is 3.10. The molecule has 8 heteroatoms. The molecule has 0 spiro atoms. The molecule has 24 heavy (non-hydrogen) atoms. The fourth-order valence-electron chi connectivity index (χ4n) is 2.02. The molecule has 1 aromatic heterocycles. The van der Waals surface area contributed by atoms with Gasteiger partial charge in [0.15, 0.2) is 6.61 Å². The third-order valence-corrected chi connectivity index (χ3v) is 4.16. The molecule has 2 aromatic rings. The van der Waals surface area contributed by atoms with E-state index in [1.54, 1.807) is 32.0 Å². The second-order valence-corrected chi connectivity index (χ2v) is 6.04. The molecule has 1 aromatic carbocycles. The van der Waals surface area contributed by atoms with Crippen LogP contribution in [0.5, 0.6) is 11.5 Å². The smallest absolute Gasteiger partial charge is 0.350 e. The summed E-state index contributed by atoms with van der Waals surface area (Å²) in [7, 11) is 3.01. The summed E-state index contributed by atoms with van der Waals surface area (Å²) in [6.07, 6.45) is 0. The Bertz CT molecular complexity index is 757. The van der Waals surface area contributed by atoms with E-state index in [1.807, 2.05) is 0 Å². The van der Waals surface area contributed by atoms with E-state index in [2.05, 4.69) is 10.3 Å². The molecule has 0 unspecified atom stereocenters. The van der Waals surface area contributed by atoms with Crippen LogP contribution in [0.3, 0.4) is 0 Å². The van der Waals surface area contributed by atoms with Gasteiger partial charge in [0, 0.05) is 6.07 Å². The van der Waals surface area contributed by atoms with Gasteiger partial charge in [0.25, 0.3) is 5.91 Å². The topological polar surface area (TPSA) is 86.8 Å². The first kappa shape index (κ1) is 17.7. The zero-order chi connectivity index (χ0) is 17.7. The zero-order valence-corrected chi connectivity index (χ0v) is 14.7. The highest BCUT2D eigenvalue weighted by Gasteiger charge is 2.17. The molecule has 0 aliphatic rings. The highest BCUT2D eigenvalue weighted by molar-refractivity contribution is 7.13. The minimum absolute atomic E-state index is 0.402. The van der Waals surface area contributed by atoms with Gasteiger partial charge in [-0.05, 0) is 26.0 Å². The van der Waals surface area contributed by atoms with Crippen LogP contribution in [0.15, 0.2) is 18.2 Å². The summed E-state index contributed by atoms with van der Waals surface area (Å²) in [5.41, 5.74) is 1.03. The number of hydrogen-bond acceptors (Lipinski definition) is 7. The van der Waals surface area contributed by atoms with Crippen LogP contribution < -0.4 is 14.8 Å². The molecule has 0 aliphatic heterocycles. The van der Waals surface area contributed by atoms with Crippen molar-refractivity contribution in [3.05, 3.63) is 33.8 Å². The zero-order valence-electron chi connectivity index (χ0n) is 13.8. The van der Waals surface area contributed by atoms with E-state index in [-0.39, 0.29) is 0 Å². The number of aromatic nitrogens is 1. The van der Waals surface area contributed by atoms with Crippen LogP contribution in [0.4, 0.5) is 5.69 Å². The first-order valence-electron chi connectivity index (χ1n) is 7.07. The average molecular weight is 350 g/mol. The lowest BCUT2D eigenvalue weighted by molar-refractivity contribution is -0.119. The number of nitrogens with one attached hydrogen (secondary N) is 1. The monoisotopic (exact) mass is 350 g/mol. The van der Waals surface area contributed by atoms with Crippen molar-refractivity contribution in [2.75, 3.05) is 26.1 Å². The van der Waals surface area contributed by atoms with Gasteiger partial charge < -0.3 is 19.5 Å². The molecular weight excluding hydrogens is 332 g/mol. The van der Waals surface area contributed by atoms with Gasteiger partial charge >= 0.3 is 5.97 Å². The minimum atomic E-state index is -0.564. The van der Waals surface area contributed by atoms with Crippen LogP contribution >= 0.6 is 11.3 Å². The van der Waals surface area contributed by atoms with Crippen molar-refractivity contribution in [1.29, 1.82) is 0 Å². The van der Waals surface area contributed by atoms with E-state index in [0.29, 0.717) is 27.8 Å². The van der Waals surface area contributed by atoms with E-state index in [1.165, 1.54) is 25.6 Å². The number of amides is 1. The minimum Gasteiger partial charge on any atom is -0.497 e. The standard InChI is InChI=1S/C16H18N2O5S/c1-9-15(24-10(2)17-9)16(20)23-8-14(19)18-12-7-11(21-3)5-6-13(12)22-4/h5-7H,8H2,1-4H3,(H,18,19). The van der Waals surface area contributed by atoms with Crippen LogP contribution in [-0.4, -0.2) is 37.7 Å². The number of esters is 1. The van der Waals surface area contributed by atoms with Crippen molar-refractivity contribution in [2.24, 2.45) is 0 Å². The summed E-state index contributed by atoms with van der Waals surface area (Å²) in [5, 5.41) is 3.40. The number of ether oxygens (including phenoxy) is 3. The lowest BCUT2D eigenvalue weighted by Crippen LogP contribution is -2.21. The number of carbonyl (C=O) groups is 2. The molecule has 2 rings (SSSR count). The molecule has 1 amide bonds. The summed E-state index contributed by atoms with van der Waals surface area (Å²) >= 11 is 1.24. The van der Waals surface area contributed by atoms with Gasteiger partial charge in [0.05, 0.1) is 30.6 Å². The Morgan fingerprint density at radius 2 is 1.96 bits per heavy atom. The van der Waals surface area contributed by atoms with Gasteiger partial charge in [0.2, 0.25) is 0 Å². The third kappa shape index (κ3) is 4.23. The van der Waals surface area contributed by atoms with Gasteiger partial charge in [-0.3, -0.25) is 4.79 Å². The molecule has 7 nitrogen and oxygen atoms in total. The molecule has 0 saturated carbocycles. The molecule has 0 radical (unpaired) electrons. The molecule has 0 saturated heterocycles. The number of thiazole rings is 1. The van der Waals surface area contributed by atoms with Crippen LogP contribution in [0, 0.1) is 13.8 Å². The van der Waals surface area contributed by atoms with Gasteiger partial charge in [-0.15, -0.1) is 11.3 Å². The fourth-order valence-corrected chi connectivity index (χ4v) is 2.83. The lowest BCUT2D eigenvalue weighted by Gasteiger charge is -2.11. The Balaban J connectivity index is 1.98. The van der Waals surface area contributed by atoms with Crippen molar-refractivity contribution in [3.8, 4) is 11.5 Å². The van der Waals surface area contributed by atoms with E-state index in [9.17, 15) is 9.59 Å². The number of nitrogens with zero attached hydrogens (tertiary/aromatic N) is 1. The average Bonchev–Trinajstić information content (AvgIpc) is 2.91. The van der Waals surface area contributed by atoms with Crippen LogP contribution in [0.1, 0.15) is 20.4 Å². The summed E-state index contributed by atoms with van der Waals surface area (Å²) in [5.74, 6) is 0.00269. The quantitative estimate of drug-likeness (QED) is 0.806. The van der Waals surface area contributed by atoms with Crippen molar-refractivity contribution in [2.45, 2.75) is 13.8 Å². The fraction of sp³-hybridized carbons (Fsp3) is 0.312. The second kappa shape index (κ2) is 7.78. The van der Waals surface area contributed by atoms with Crippen LogP contribution in [-0.2, 0) is 9.53 Å². The number of carbonyl (C=O) groups excluding carboxylic acids is 2. The largest absolute Gasteiger partial charge is 0.497 e. The Labute approximate surface area is 143 Å². The van der Waals surface area contributed by atoms with Crippen molar-refractivity contribution in [1.82, 2.24) is 4.98 Å². The Morgan fingerprint density at radius 1 is 1.21 bits per heavy atom. The normalized spacial score (nSPS) is 10.2. The number of anilines is 1. The van der Waals surface area contributed by atoms with E-state index < -0.39 is 18.5 Å². The molecular formula is C16H18N2O5S. The molecule has 128 valence electrons. The Morgan fingerprint density at radius 3 is 2.54 bits per heavy atom. The van der Waals surface area contributed by atoms with Crippen molar-refractivity contribution < 1.29 is 23.8 Å². The lowest BCUT2D eigenvalue weighted by atomic mass is 10.2. The molecule has 0 fully saturated rings. The van der Waals surface area contributed by atoms with Crippen molar-refractivity contribution in [3.63, 3.8) is 0 Å². The SMILES string of the molecule is COc1ccc(OC)c(NC(=O)COC(=O)c2sc(C)nc2C)c1. The number of hydrogen-bond donors (Lipinski definition) is 1.